The second-order valence-corrected chi connectivity index (χ2v) is 3.51. The molecule has 1 amide bonds. The third-order valence-electron chi connectivity index (χ3n) is 2.34. The first-order valence-corrected chi connectivity index (χ1v) is 4.89. The topological polar surface area (TPSA) is 20.3 Å². The van der Waals surface area contributed by atoms with Crippen molar-refractivity contribution in [3.8, 4) is 0 Å². The molecule has 0 saturated carbocycles. The highest BCUT2D eigenvalue weighted by atomic mass is 19.4. The number of alkyl halides is 3. The average Bonchev–Trinajstić information content (AvgIpc) is 2.25. The van der Waals surface area contributed by atoms with Gasteiger partial charge in [0.15, 0.2) is 0 Å². The van der Waals surface area contributed by atoms with Crippen LogP contribution in [0.5, 0.6) is 0 Å². The fourth-order valence-corrected chi connectivity index (χ4v) is 1.24. The van der Waals surface area contributed by atoms with Crippen LogP contribution in [-0.2, 0) is 6.18 Å². The van der Waals surface area contributed by atoms with Crippen molar-refractivity contribution in [2.45, 2.75) is 13.1 Å². The van der Waals surface area contributed by atoms with Crippen molar-refractivity contribution >= 4 is 5.91 Å². The monoisotopic (exact) mass is 249 g/mol. The molecule has 0 unspecified atom stereocenters. The first-order valence-electron chi connectivity index (χ1n) is 4.89. The number of rotatable bonds is 2. The standard InChI is InChI=1S/C11H11F4NO/c1-3-16(2)10(17)7-4-5-8(9(12)6-7)11(13,14)15/h4-6H,3H2,1-2H3. The fraction of sp³-hybridized carbons (Fsp3) is 0.364. The van der Waals surface area contributed by atoms with E-state index in [-0.39, 0.29) is 5.56 Å². The van der Waals surface area contributed by atoms with E-state index in [4.69, 9.17) is 0 Å². The van der Waals surface area contributed by atoms with Crippen LogP contribution in [0.3, 0.4) is 0 Å². The zero-order valence-electron chi connectivity index (χ0n) is 9.31. The lowest BCUT2D eigenvalue weighted by Gasteiger charge is -2.15. The lowest BCUT2D eigenvalue weighted by Crippen LogP contribution is -2.26. The lowest BCUT2D eigenvalue weighted by molar-refractivity contribution is -0.140. The highest BCUT2D eigenvalue weighted by molar-refractivity contribution is 5.94. The largest absolute Gasteiger partial charge is 0.419 e. The van der Waals surface area contributed by atoms with E-state index >= 15 is 0 Å². The van der Waals surface area contributed by atoms with Crippen molar-refractivity contribution in [1.82, 2.24) is 4.90 Å². The van der Waals surface area contributed by atoms with E-state index in [9.17, 15) is 22.4 Å². The number of carbonyl (C=O) groups excluding carboxylic acids is 1. The molecule has 1 aromatic carbocycles. The summed E-state index contributed by atoms with van der Waals surface area (Å²) in [7, 11) is 1.48. The molecule has 0 radical (unpaired) electrons. The maximum absolute atomic E-state index is 13.2. The van der Waals surface area contributed by atoms with Gasteiger partial charge in [0.05, 0.1) is 5.56 Å². The molecule has 0 bridgehead atoms. The molecule has 1 aromatic rings. The van der Waals surface area contributed by atoms with Gasteiger partial charge in [-0.1, -0.05) is 0 Å². The number of hydrogen-bond acceptors (Lipinski definition) is 1. The molecule has 0 fully saturated rings. The fourth-order valence-electron chi connectivity index (χ4n) is 1.24. The first-order chi connectivity index (χ1) is 7.77. The van der Waals surface area contributed by atoms with Crippen LogP contribution in [-0.4, -0.2) is 24.4 Å². The second kappa shape index (κ2) is 4.73. The maximum Gasteiger partial charge on any atom is 0.419 e. The Labute approximate surface area is 95.8 Å². The van der Waals surface area contributed by atoms with Gasteiger partial charge in [-0.05, 0) is 25.1 Å². The van der Waals surface area contributed by atoms with Gasteiger partial charge in [0, 0.05) is 19.2 Å². The predicted molar refractivity (Wildman–Crippen MR) is 54.0 cm³/mol. The van der Waals surface area contributed by atoms with Crippen molar-refractivity contribution in [3.05, 3.63) is 35.1 Å². The summed E-state index contributed by atoms with van der Waals surface area (Å²) in [5.74, 6) is -1.95. The Hall–Kier alpha value is -1.59. The summed E-state index contributed by atoms with van der Waals surface area (Å²) in [6.45, 7) is 2.10. The highest BCUT2D eigenvalue weighted by Crippen LogP contribution is 2.31. The number of halogens is 4. The van der Waals surface area contributed by atoms with E-state index < -0.39 is 23.5 Å². The minimum atomic E-state index is -4.75. The Bertz CT molecular complexity index is 428. The van der Waals surface area contributed by atoms with Gasteiger partial charge in [-0.15, -0.1) is 0 Å². The van der Waals surface area contributed by atoms with E-state index in [0.717, 1.165) is 6.07 Å². The summed E-state index contributed by atoms with van der Waals surface area (Å²) >= 11 is 0. The molecule has 0 aromatic heterocycles. The summed E-state index contributed by atoms with van der Waals surface area (Å²) in [4.78, 5) is 12.8. The molecule has 0 heterocycles. The summed E-state index contributed by atoms with van der Waals surface area (Å²) in [6, 6.07) is 2.16. The molecular weight excluding hydrogens is 238 g/mol. The molecule has 2 nitrogen and oxygen atoms in total. The molecular formula is C11H11F4NO. The third-order valence-corrected chi connectivity index (χ3v) is 2.34. The Morgan fingerprint density at radius 2 is 1.94 bits per heavy atom. The average molecular weight is 249 g/mol. The third kappa shape index (κ3) is 2.95. The van der Waals surface area contributed by atoms with Gasteiger partial charge < -0.3 is 4.90 Å². The molecule has 0 N–H and O–H groups in total. The van der Waals surface area contributed by atoms with E-state index in [2.05, 4.69) is 0 Å². The van der Waals surface area contributed by atoms with Gasteiger partial charge in [-0.25, -0.2) is 4.39 Å². The van der Waals surface area contributed by atoms with Crippen molar-refractivity contribution in [2.75, 3.05) is 13.6 Å². The van der Waals surface area contributed by atoms with Crippen LogP contribution in [0.2, 0.25) is 0 Å². The molecule has 0 atom stereocenters. The van der Waals surface area contributed by atoms with Crippen molar-refractivity contribution < 1.29 is 22.4 Å². The van der Waals surface area contributed by atoms with Gasteiger partial charge in [0.25, 0.3) is 5.91 Å². The van der Waals surface area contributed by atoms with Gasteiger partial charge in [-0.2, -0.15) is 13.2 Å². The van der Waals surface area contributed by atoms with Crippen molar-refractivity contribution in [3.63, 3.8) is 0 Å². The molecule has 0 aliphatic rings. The van der Waals surface area contributed by atoms with Crippen LogP contribution >= 0.6 is 0 Å². The zero-order valence-corrected chi connectivity index (χ0v) is 9.31. The SMILES string of the molecule is CCN(C)C(=O)c1ccc(C(F)(F)F)c(F)c1. The molecule has 0 aliphatic heterocycles. The Balaban J connectivity index is 3.09. The van der Waals surface area contributed by atoms with Crippen LogP contribution in [0.15, 0.2) is 18.2 Å². The molecule has 0 spiro atoms. The van der Waals surface area contributed by atoms with Gasteiger partial charge in [0.2, 0.25) is 0 Å². The quantitative estimate of drug-likeness (QED) is 0.738. The van der Waals surface area contributed by atoms with Gasteiger partial charge in [-0.3, -0.25) is 4.79 Å². The first kappa shape index (κ1) is 13.5. The number of amides is 1. The molecule has 0 aliphatic carbocycles. The van der Waals surface area contributed by atoms with Gasteiger partial charge in [0.1, 0.15) is 5.82 Å². The maximum atomic E-state index is 13.2. The Morgan fingerprint density at radius 1 is 1.35 bits per heavy atom. The smallest absolute Gasteiger partial charge is 0.342 e. The second-order valence-electron chi connectivity index (χ2n) is 3.51. The summed E-state index contributed by atoms with van der Waals surface area (Å²) in [5.41, 5.74) is -1.46. The van der Waals surface area contributed by atoms with Crippen LogP contribution in [0.25, 0.3) is 0 Å². The van der Waals surface area contributed by atoms with Crippen LogP contribution in [0.4, 0.5) is 17.6 Å². The summed E-state index contributed by atoms with van der Waals surface area (Å²) in [6.07, 6.45) is -4.75. The molecule has 6 heteroatoms. The lowest BCUT2D eigenvalue weighted by atomic mass is 10.1. The van der Waals surface area contributed by atoms with E-state index in [1.165, 1.54) is 11.9 Å². The minimum Gasteiger partial charge on any atom is -0.342 e. The molecule has 0 saturated heterocycles. The van der Waals surface area contributed by atoms with E-state index in [1.54, 1.807) is 6.92 Å². The van der Waals surface area contributed by atoms with E-state index in [0.29, 0.717) is 18.7 Å². The van der Waals surface area contributed by atoms with Crippen molar-refractivity contribution in [1.29, 1.82) is 0 Å². The highest BCUT2D eigenvalue weighted by Gasteiger charge is 2.34. The van der Waals surface area contributed by atoms with Crippen LogP contribution in [0, 0.1) is 5.82 Å². The minimum absolute atomic E-state index is 0.0974. The summed E-state index contributed by atoms with van der Waals surface area (Å²) in [5, 5.41) is 0. The molecule has 94 valence electrons. The molecule has 1 rings (SSSR count). The normalized spacial score (nSPS) is 11.4. The Morgan fingerprint density at radius 3 is 2.35 bits per heavy atom. The number of hydrogen-bond donors (Lipinski definition) is 0. The number of benzene rings is 1. The Kier molecular flexibility index (Phi) is 3.75. The predicted octanol–water partition coefficient (Wildman–Crippen LogP) is 2.94. The number of carbonyl (C=O) groups is 1. The summed E-state index contributed by atoms with van der Waals surface area (Å²) < 4.78 is 50.0. The van der Waals surface area contributed by atoms with Crippen LogP contribution in [0.1, 0.15) is 22.8 Å². The number of nitrogens with zero attached hydrogens (tertiary/aromatic N) is 1. The van der Waals surface area contributed by atoms with E-state index in [1.807, 2.05) is 0 Å². The van der Waals surface area contributed by atoms with Crippen molar-refractivity contribution in [2.24, 2.45) is 0 Å². The molecule has 17 heavy (non-hydrogen) atoms. The zero-order chi connectivity index (χ0) is 13.2. The van der Waals surface area contributed by atoms with Crippen LogP contribution < -0.4 is 0 Å². The van der Waals surface area contributed by atoms with Gasteiger partial charge >= 0.3 is 6.18 Å².